The number of hydrogen-bond acceptors (Lipinski definition) is 3. The van der Waals surface area contributed by atoms with Crippen molar-refractivity contribution in [1.29, 1.82) is 0 Å². The Morgan fingerprint density at radius 2 is 2.07 bits per heavy atom. The van der Waals surface area contributed by atoms with Gasteiger partial charge in [0.2, 0.25) is 5.56 Å². The molecule has 0 amide bonds. The predicted octanol–water partition coefficient (Wildman–Crippen LogP) is 1.11. The van der Waals surface area contributed by atoms with Crippen molar-refractivity contribution in [2.24, 2.45) is 0 Å². The van der Waals surface area contributed by atoms with Crippen molar-refractivity contribution in [2.45, 2.75) is 6.92 Å². The van der Waals surface area contributed by atoms with Crippen LogP contribution in [0.3, 0.4) is 0 Å². The number of carbonyl (C=O) groups excluding carboxylic acids is 1. The second kappa shape index (κ2) is 4.59. The van der Waals surface area contributed by atoms with Gasteiger partial charge in [0.05, 0.1) is 5.69 Å². The first-order valence-corrected chi connectivity index (χ1v) is 4.59. The van der Waals surface area contributed by atoms with Gasteiger partial charge >= 0.3 is 0 Å². The molecule has 0 fully saturated rings. The van der Waals surface area contributed by atoms with E-state index < -0.39 is 0 Å². The smallest absolute Gasteiger partial charge is 0.248 e. The number of aromatic amines is 1. The van der Waals surface area contributed by atoms with Gasteiger partial charge < -0.3 is 9.88 Å². The molecule has 0 bridgehead atoms. The fraction of sp³-hybridized carbons (Fsp3) is 0.273. The normalized spacial score (nSPS) is 10.6. The van der Waals surface area contributed by atoms with E-state index in [1.165, 1.54) is 19.1 Å². The number of nitrogens with zero attached hydrogens (tertiary/aromatic N) is 1. The van der Waals surface area contributed by atoms with Crippen molar-refractivity contribution < 1.29 is 4.79 Å². The summed E-state index contributed by atoms with van der Waals surface area (Å²) < 4.78 is 0. The molecule has 0 aliphatic carbocycles. The summed E-state index contributed by atoms with van der Waals surface area (Å²) in [7, 11) is 3.73. The van der Waals surface area contributed by atoms with Crippen LogP contribution in [0.2, 0.25) is 0 Å². The van der Waals surface area contributed by atoms with Gasteiger partial charge in [0.15, 0.2) is 5.78 Å². The van der Waals surface area contributed by atoms with Crippen LogP contribution in [0.25, 0.3) is 6.08 Å². The van der Waals surface area contributed by atoms with E-state index in [0.717, 1.165) is 0 Å². The maximum absolute atomic E-state index is 11.3. The standard InChI is InChI=1S/C11H14N2O2/c1-8(14)9-4-5-11(15)12-10(9)6-7-13(2)3/h4-7H,1-3H3,(H,12,15). The van der Waals surface area contributed by atoms with Gasteiger partial charge in [-0.15, -0.1) is 0 Å². The number of ketones is 1. The van der Waals surface area contributed by atoms with Crippen molar-refractivity contribution in [3.8, 4) is 0 Å². The van der Waals surface area contributed by atoms with Crippen LogP contribution in [0.1, 0.15) is 23.0 Å². The number of aromatic nitrogens is 1. The Bertz CT molecular complexity index is 444. The number of carbonyl (C=O) groups is 1. The highest BCUT2D eigenvalue weighted by atomic mass is 16.1. The monoisotopic (exact) mass is 206 g/mol. The zero-order valence-corrected chi connectivity index (χ0v) is 9.07. The SMILES string of the molecule is CC(=O)c1ccc(=O)[nH]c1C=CN(C)C. The summed E-state index contributed by atoms with van der Waals surface area (Å²) in [5.74, 6) is -0.0651. The van der Waals surface area contributed by atoms with Crippen LogP contribution in [0.4, 0.5) is 0 Å². The number of rotatable bonds is 3. The molecule has 1 aromatic rings. The van der Waals surface area contributed by atoms with E-state index in [9.17, 15) is 9.59 Å². The fourth-order valence-corrected chi connectivity index (χ4v) is 1.15. The number of pyridine rings is 1. The van der Waals surface area contributed by atoms with Gasteiger partial charge in [-0.2, -0.15) is 0 Å². The van der Waals surface area contributed by atoms with Gasteiger partial charge in [0.25, 0.3) is 0 Å². The molecule has 0 atom stereocenters. The summed E-state index contributed by atoms with van der Waals surface area (Å²) >= 11 is 0. The lowest BCUT2D eigenvalue weighted by atomic mass is 10.1. The second-order valence-corrected chi connectivity index (χ2v) is 3.49. The number of nitrogens with one attached hydrogen (secondary N) is 1. The molecule has 0 aromatic carbocycles. The predicted molar refractivity (Wildman–Crippen MR) is 59.8 cm³/mol. The van der Waals surface area contributed by atoms with Crippen LogP contribution in [0.15, 0.2) is 23.1 Å². The van der Waals surface area contributed by atoms with Crippen LogP contribution in [-0.4, -0.2) is 29.8 Å². The fourth-order valence-electron chi connectivity index (χ4n) is 1.15. The van der Waals surface area contributed by atoms with E-state index in [1.807, 2.05) is 19.0 Å². The molecule has 15 heavy (non-hydrogen) atoms. The zero-order chi connectivity index (χ0) is 11.4. The van der Waals surface area contributed by atoms with Crippen molar-refractivity contribution in [2.75, 3.05) is 14.1 Å². The Hall–Kier alpha value is -1.84. The van der Waals surface area contributed by atoms with Gasteiger partial charge in [0.1, 0.15) is 0 Å². The molecule has 80 valence electrons. The van der Waals surface area contributed by atoms with Crippen LogP contribution in [0.5, 0.6) is 0 Å². The third kappa shape index (κ3) is 3.09. The van der Waals surface area contributed by atoms with Crippen LogP contribution >= 0.6 is 0 Å². The lowest BCUT2D eigenvalue weighted by Crippen LogP contribution is -2.10. The third-order valence-electron chi connectivity index (χ3n) is 1.87. The molecule has 1 N–H and O–H groups in total. The van der Waals surface area contributed by atoms with Crippen molar-refractivity contribution >= 4 is 11.9 Å². The number of hydrogen-bond donors (Lipinski definition) is 1. The first kappa shape index (κ1) is 11.2. The first-order chi connectivity index (χ1) is 7.00. The summed E-state index contributed by atoms with van der Waals surface area (Å²) in [6, 6.07) is 2.89. The molecule has 0 saturated heterocycles. The highest BCUT2D eigenvalue weighted by molar-refractivity contribution is 5.96. The Balaban J connectivity index is 3.19. The maximum Gasteiger partial charge on any atom is 0.248 e. The van der Waals surface area contributed by atoms with E-state index in [-0.39, 0.29) is 11.3 Å². The van der Waals surface area contributed by atoms with Crippen LogP contribution < -0.4 is 5.56 Å². The third-order valence-corrected chi connectivity index (χ3v) is 1.87. The summed E-state index contributed by atoms with van der Waals surface area (Å²) in [5, 5.41) is 0. The molecule has 0 unspecified atom stereocenters. The zero-order valence-electron chi connectivity index (χ0n) is 9.07. The Morgan fingerprint density at radius 3 is 2.60 bits per heavy atom. The molecule has 0 aliphatic heterocycles. The molecule has 0 radical (unpaired) electrons. The Labute approximate surface area is 88.2 Å². The highest BCUT2D eigenvalue weighted by Crippen LogP contribution is 2.06. The van der Waals surface area contributed by atoms with E-state index in [2.05, 4.69) is 4.98 Å². The molecule has 0 saturated carbocycles. The minimum absolute atomic E-state index is 0.0651. The minimum Gasteiger partial charge on any atom is -0.383 e. The Morgan fingerprint density at radius 1 is 1.40 bits per heavy atom. The Kier molecular flexibility index (Phi) is 3.44. The highest BCUT2D eigenvalue weighted by Gasteiger charge is 2.04. The van der Waals surface area contributed by atoms with E-state index >= 15 is 0 Å². The summed E-state index contributed by atoms with van der Waals surface area (Å²) in [6.07, 6.45) is 3.48. The van der Waals surface area contributed by atoms with Gasteiger partial charge in [-0.25, -0.2) is 0 Å². The average Bonchev–Trinajstić information content (AvgIpc) is 2.14. The molecule has 1 aromatic heterocycles. The van der Waals surface area contributed by atoms with E-state index in [0.29, 0.717) is 11.3 Å². The first-order valence-electron chi connectivity index (χ1n) is 4.59. The van der Waals surface area contributed by atoms with Crippen LogP contribution in [-0.2, 0) is 0 Å². The lowest BCUT2D eigenvalue weighted by Gasteiger charge is -2.05. The summed E-state index contributed by atoms with van der Waals surface area (Å²) in [6.45, 7) is 1.47. The van der Waals surface area contributed by atoms with Crippen LogP contribution in [0, 0.1) is 0 Å². The van der Waals surface area contributed by atoms with E-state index in [4.69, 9.17) is 0 Å². The van der Waals surface area contributed by atoms with E-state index in [1.54, 1.807) is 12.3 Å². The van der Waals surface area contributed by atoms with Crippen molar-refractivity contribution in [3.63, 3.8) is 0 Å². The van der Waals surface area contributed by atoms with Gasteiger partial charge in [0, 0.05) is 31.9 Å². The molecule has 0 spiro atoms. The molecule has 4 nitrogen and oxygen atoms in total. The molecule has 1 rings (SSSR count). The molecule has 4 heteroatoms. The largest absolute Gasteiger partial charge is 0.383 e. The number of Topliss-reactive ketones (excluding diaryl/α,β-unsaturated/α-hetero) is 1. The van der Waals surface area contributed by atoms with Crippen molar-refractivity contribution in [3.05, 3.63) is 39.9 Å². The second-order valence-electron chi connectivity index (χ2n) is 3.49. The number of H-pyrrole nitrogens is 1. The topological polar surface area (TPSA) is 53.2 Å². The summed E-state index contributed by atoms with van der Waals surface area (Å²) in [4.78, 5) is 26.8. The quantitative estimate of drug-likeness (QED) is 0.754. The van der Waals surface area contributed by atoms with Gasteiger partial charge in [-0.3, -0.25) is 9.59 Å². The maximum atomic E-state index is 11.3. The van der Waals surface area contributed by atoms with Gasteiger partial charge in [-0.05, 0) is 19.1 Å². The lowest BCUT2D eigenvalue weighted by molar-refractivity contribution is 0.101. The minimum atomic E-state index is -0.210. The molecular formula is C11H14N2O2. The van der Waals surface area contributed by atoms with Crippen molar-refractivity contribution in [1.82, 2.24) is 9.88 Å². The molecule has 1 heterocycles. The molecule has 0 aliphatic rings. The van der Waals surface area contributed by atoms with Gasteiger partial charge in [-0.1, -0.05) is 0 Å². The average molecular weight is 206 g/mol. The molecular weight excluding hydrogens is 192 g/mol. The summed E-state index contributed by atoms with van der Waals surface area (Å²) in [5.41, 5.74) is 0.856.